The predicted octanol–water partition coefficient (Wildman–Crippen LogP) is 4.08. The fraction of sp³-hybridized carbons (Fsp3) is 0.167. The number of furan rings is 1. The van der Waals surface area contributed by atoms with Gasteiger partial charge < -0.3 is 9.73 Å². The zero-order valence-corrected chi connectivity index (χ0v) is 11.1. The highest BCUT2D eigenvalue weighted by atomic mass is 79.9. The molecular weight excluding hydrogens is 289 g/mol. The van der Waals surface area contributed by atoms with Gasteiger partial charge in [0.2, 0.25) is 0 Å². The van der Waals surface area contributed by atoms with Crippen molar-refractivity contribution in [3.63, 3.8) is 0 Å². The van der Waals surface area contributed by atoms with Gasteiger partial charge in [-0.1, -0.05) is 11.6 Å². The molecule has 1 heterocycles. The summed E-state index contributed by atoms with van der Waals surface area (Å²) in [5, 5.41) is 3.85. The number of rotatable bonds is 3. The third kappa shape index (κ3) is 2.32. The molecule has 1 aromatic carbocycles. The Kier molecular flexibility index (Phi) is 3.69. The SMILES string of the molecule is CNCc1cc(-c2occc2Br)ccc1Cl. The number of benzene rings is 1. The summed E-state index contributed by atoms with van der Waals surface area (Å²) in [7, 11) is 1.89. The average Bonchev–Trinajstić information content (AvgIpc) is 2.68. The molecule has 16 heavy (non-hydrogen) atoms. The van der Waals surface area contributed by atoms with Crippen molar-refractivity contribution >= 4 is 27.5 Å². The van der Waals surface area contributed by atoms with Crippen LogP contribution < -0.4 is 5.32 Å². The molecule has 0 amide bonds. The Morgan fingerprint density at radius 2 is 2.19 bits per heavy atom. The van der Waals surface area contributed by atoms with Crippen LogP contribution in [-0.2, 0) is 6.54 Å². The van der Waals surface area contributed by atoms with E-state index in [9.17, 15) is 0 Å². The van der Waals surface area contributed by atoms with E-state index in [1.807, 2.05) is 31.3 Å². The van der Waals surface area contributed by atoms with E-state index in [-0.39, 0.29) is 0 Å². The lowest BCUT2D eigenvalue weighted by Crippen LogP contribution is -2.05. The number of hydrogen-bond acceptors (Lipinski definition) is 2. The highest BCUT2D eigenvalue weighted by molar-refractivity contribution is 9.10. The van der Waals surface area contributed by atoms with E-state index in [0.29, 0.717) is 0 Å². The molecule has 1 N–H and O–H groups in total. The molecule has 2 aromatic rings. The molecule has 1 aromatic heterocycles. The highest BCUT2D eigenvalue weighted by Gasteiger charge is 2.08. The largest absolute Gasteiger partial charge is 0.463 e. The first-order chi connectivity index (χ1) is 7.72. The summed E-state index contributed by atoms with van der Waals surface area (Å²) in [4.78, 5) is 0. The van der Waals surface area contributed by atoms with Crippen molar-refractivity contribution in [3.05, 3.63) is 45.6 Å². The third-order valence-electron chi connectivity index (χ3n) is 2.29. The summed E-state index contributed by atoms with van der Waals surface area (Å²) in [6, 6.07) is 7.74. The lowest BCUT2D eigenvalue weighted by Gasteiger charge is -2.06. The fourth-order valence-corrected chi connectivity index (χ4v) is 2.16. The lowest BCUT2D eigenvalue weighted by molar-refractivity contribution is 0.581. The first-order valence-electron chi connectivity index (χ1n) is 4.88. The Bertz CT molecular complexity index is 496. The van der Waals surface area contributed by atoms with E-state index in [0.717, 1.165) is 32.9 Å². The number of nitrogens with one attached hydrogen (secondary N) is 1. The fourth-order valence-electron chi connectivity index (χ4n) is 1.54. The molecule has 2 nitrogen and oxygen atoms in total. The number of hydrogen-bond donors (Lipinski definition) is 1. The summed E-state index contributed by atoms with van der Waals surface area (Å²) in [5.41, 5.74) is 2.08. The van der Waals surface area contributed by atoms with Gasteiger partial charge in [-0.05, 0) is 52.8 Å². The predicted molar refractivity (Wildman–Crippen MR) is 69.6 cm³/mol. The van der Waals surface area contributed by atoms with Crippen molar-refractivity contribution in [2.24, 2.45) is 0 Å². The van der Waals surface area contributed by atoms with Crippen LogP contribution in [0.25, 0.3) is 11.3 Å². The maximum atomic E-state index is 6.09. The van der Waals surface area contributed by atoms with Crippen molar-refractivity contribution in [1.29, 1.82) is 0 Å². The van der Waals surface area contributed by atoms with Gasteiger partial charge in [0, 0.05) is 17.1 Å². The zero-order valence-electron chi connectivity index (χ0n) is 8.76. The van der Waals surface area contributed by atoms with Gasteiger partial charge in [0.1, 0.15) is 5.76 Å². The minimum atomic E-state index is 0.741. The van der Waals surface area contributed by atoms with Gasteiger partial charge >= 0.3 is 0 Å². The molecule has 0 fully saturated rings. The maximum absolute atomic E-state index is 6.09. The highest BCUT2D eigenvalue weighted by Crippen LogP contribution is 2.31. The van der Waals surface area contributed by atoms with Crippen molar-refractivity contribution in [1.82, 2.24) is 5.32 Å². The standard InChI is InChI=1S/C12H11BrClNO/c1-15-7-9-6-8(2-3-11(9)14)12-10(13)4-5-16-12/h2-6,15H,7H2,1H3. The molecular formula is C12H11BrClNO. The van der Waals surface area contributed by atoms with Crippen molar-refractivity contribution in [2.45, 2.75) is 6.54 Å². The van der Waals surface area contributed by atoms with E-state index in [2.05, 4.69) is 21.2 Å². The van der Waals surface area contributed by atoms with E-state index in [1.165, 1.54) is 0 Å². The quantitative estimate of drug-likeness (QED) is 0.924. The normalized spacial score (nSPS) is 10.7. The van der Waals surface area contributed by atoms with Gasteiger partial charge in [0.25, 0.3) is 0 Å². The molecule has 0 aliphatic heterocycles. The molecule has 0 radical (unpaired) electrons. The summed E-state index contributed by atoms with van der Waals surface area (Å²) >= 11 is 9.54. The van der Waals surface area contributed by atoms with Gasteiger partial charge in [-0.15, -0.1) is 0 Å². The van der Waals surface area contributed by atoms with Gasteiger partial charge in [0.15, 0.2) is 0 Å². The van der Waals surface area contributed by atoms with E-state index < -0.39 is 0 Å². The Labute approximate surface area is 108 Å². The van der Waals surface area contributed by atoms with E-state index in [4.69, 9.17) is 16.0 Å². The van der Waals surface area contributed by atoms with E-state index >= 15 is 0 Å². The first kappa shape index (κ1) is 11.7. The molecule has 2 rings (SSSR count). The smallest absolute Gasteiger partial charge is 0.148 e. The molecule has 4 heteroatoms. The van der Waals surface area contributed by atoms with Crippen LogP contribution in [-0.4, -0.2) is 7.05 Å². The van der Waals surface area contributed by atoms with Crippen LogP contribution in [0, 0.1) is 0 Å². The van der Waals surface area contributed by atoms with Crippen LogP contribution in [0.1, 0.15) is 5.56 Å². The van der Waals surface area contributed by atoms with Crippen LogP contribution >= 0.6 is 27.5 Å². The second-order valence-corrected chi connectivity index (χ2v) is 4.70. The molecule has 0 saturated heterocycles. The van der Waals surface area contributed by atoms with Crippen LogP contribution in [0.2, 0.25) is 5.02 Å². The van der Waals surface area contributed by atoms with Crippen molar-refractivity contribution in [2.75, 3.05) is 7.05 Å². The second-order valence-electron chi connectivity index (χ2n) is 3.43. The van der Waals surface area contributed by atoms with Crippen LogP contribution in [0.3, 0.4) is 0 Å². The molecule has 0 saturated carbocycles. The van der Waals surface area contributed by atoms with Gasteiger partial charge in [0.05, 0.1) is 10.7 Å². The van der Waals surface area contributed by atoms with E-state index in [1.54, 1.807) is 6.26 Å². The van der Waals surface area contributed by atoms with Crippen LogP contribution in [0.15, 0.2) is 39.4 Å². The summed E-state index contributed by atoms with van der Waals surface area (Å²) in [6.07, 6.45) is 1.66. The summed E-state index contributed by atoms with van der Waals surface area (Å²) in [6.45, 7) is 0.741. The van der Waals surface area contributed by atoms with Crippen LogP contribution in [0.5, 0.6) is 0 Å². The topological polar surface area (TPSA) is 25.2 Å². The molecule has 0 unspecified atom stereocenters. The van der Waals surface area contributed by atoms with Crippen LogP contribution in [0.4, 0.5) is 0 Å². The molecule has 0 spiro atoms. The molecule has 0 aliphatic rings. The Balaban J connectivity index is 2.43. The minimum Gasteiger partial charge on any atom is -0.463 e. The maximum Gasteiger partial charge on any atom is 0.148 e. The Hall–Kier alpha value is -0.770. The lowest BCUT2D eigenvalue weighted by atomic mass is 10.1. The van der Waals surface area contributed by atoms with Gasteiger partial charge in [-0.25, -0.2) is 0 Å². The second kappa shape index (κ2) is 5.04. The number of halogens is 2. The molecule has 0 bridgehead atoms. The molecule has 0 aliphatic carbocycles. The summed E-state index contributed by atoms with van der Waals surface area (Å²) < 4.78 is 6.36. The first-order valence-corrected chi connectivity index (χ1v) is 6.06. The molecule has 0 atom stereocenters. The Morgan fingerprint density at radius 3 is 2.81 bits per heavy atom. The summed E-state index contributed by atoms with van der Waals surface area (Å²) in [5.74, 6) is 0.828. The third-order valence-corrected chi connectivity index (χ3v) is 3.29. The molecule has 84 valence electrons. The minimum absolute atomic E-state index is 0.741. The zero-order chi connectivity index (χ0) is 11.5. The van der Waals surface area contributed by atoms with Gasteiger partial charge in [-0.3, -0.25) is 0 Å². The van der Waals surface area contributed by atoms with Crippen molar-refractivity contribution < 1.29 is 4.42 Å². The Morgan fingerprint density at radius 1 is 1.38 bits per heavy atom. The van der Waals surface area contributed by atoms with Crippen molar-refractivity contribution in [3.8, 4) is 11.3 Å². The average molecular weight is 301 g/mol. The van der Waals surface area contributed by atoms with Gasteiger partial charge in [-0.2, -0.15) is 0 Å². The monoisotopic (exact) mass is 299 g/mol.